The number of hydrogen-bond donors (Lipinski definition) is 2. The molecule has 1 fully saturated rings. The highest BCUT2D eigenvalue weighted by atomic mass is 19.1. The molecule has 0 bridgehead atoms. The fourth-order valence-electron chi connectivity index (χ4n) is 2.68. The molecule has 0 amide bonds. The van der Waals surface area contributed by atoms with Crippen molar-refractivity contribution in [2.75, 3.05) is 7.05 Å². The lowest BCUT2D eigenvalue weighted by Gasteiger charge is -2.13. The maximum absolute atomic E-state index is 14.6. The van der Waals surface area contributed by atoms with E-state index in [1.807, 2.05) is 0 Å². The summed E-state index contributed by atoms with van der Waals surface area (Å²) in [6.45, 7) is 3.64. The molecule has 0 saturated heterocycles. The van der Waals surface area contributed by atoms with E-state index in [0.29, 0.717) is 5.57 Å². The lowest BCUT2D eigenvalue weighted by molar-refractivity contribution is 0.0695. The van der Waals surface area contributed by atoms with E-state index in [0.717, 1.165) is 18.9 Å². The van der Waals surface area contributed by atoms with Gasteiger partial charge < -0.3 is 15.4 Å². The van der Waals surface area contributed by atoms with E-state index in [9.17, 15) is 19.1 Å². The number of aromatic nitrogens is 2. The second-order valence-corrected chi connectivity index (χ2v) is 5.96. The van der Waals surface area contributed by atoms with Crippen LogP contribution in [0, 0.1) is 5.82 Å². The summed E-state index contributed by atoms with van der Waals surface area (Å²) in [5.41, 5.74) is 5.02. The second kappa shape index (κ2) is 6.55. The summed E-state index contributed by atoms with van der Waals surface area (Å²) < 4.78 is 16.3. The highest BCUT2D eigenvalue weighted by Crippen LogP contribution is 2.37. The van der Waals surface area contributed by atoms with Gasteiger partial charge in [-0.2, -0.15) is 0 Å². The van der Waals surface area contributed by atoms with E-state index < -0.39 is 22.8 Å². The van der Waals surface area contributed by atoms with Gasteiger partial charge >= 0.3 is 5.97 Å². The van der Waals surface area contributed by atoms with Gasteiger partial charge in [-0.15, -0.1) is 0 Å². The molecule has 3 N–H and O–H groups in total. The minimum absolute atomic E-state index is 0.0315. The average molecular weight is 356 g/mol. The van der Waals surface area contributed by atoms with Crippen molar-refractivity contribution in [1.82, 2.24) is 9.55 Å². The van der Waals surface area contributed by atoms with E-state index in [-0.39, 0.29) is 28.6 Å². The maximum atomic E-state index is 14.6. The van der Waals surface area contributed by atoms with Gasteiger partial charge in [-0.3, -0.25) is 9.79 Å². The van der Waals surface area contributed by atoms with Crippen LogP contribution in [0.15, 0.2) is 40.8 Å². The van der Waals surface area contributed by atoms with E-state index in [1.165, 1.54) is 25.4 Å². The summed E-state index contributed by atoms with van der Waals surface area (Å²) in [6.07, 6.45) is 5.77. The van der Waals surface area contributed by atoms with Gasteiger partial charge in [0.2, 0.25) is 5.43 Å². The van der Waals surface area contributed by atoms with Gasteiger partial charge in [0.25, 0.3) is 0 Å². The van der Waals surface area contributed by atoms with Crippen molar-refractivity contribution in [2.45, 2.75) is 18.9 Å². The molecule has 1 aliphatic carbocycles. The van der Waals surface area contributed by atoms with Crippen LogP contribution in [0.3, 0.4) is 0 Å². The van der Waals surface area contributed by atoms with Gasteiger partial charge in [0.05, 0.1) is 5.39 Å². The predicted molar refractivity (Wildman–Crippen MR) is 96.9 cm³/mol. The molecule has 2 heterocycles. The number of nitrogens with zero attached hydrogens (tertiary/aromatic N) is 3. The molecule has 0 unspecified atom stereocenters. The number of nitrogens with two attached hydrogens (primary N) is 1. The van der Waals surface area contributed by atoms with Crippen molar-refractivity contribution in [2.24, 2.45) is 10.7 Å². The zero-order valence-corrected chi connectivity index (χ0v) is 14.1. The number of pyridine rings is 2. The van der Waals surface area contributed by atoms with Crippen LogP contribution in [0.4, 0.5) is 4.39 Å². The van der Waals surface area contributed by atoms with Crippen LogP contribution in [0.2, 0.25) is 0 Å². The molecule has 1 aliphatic rings. The molecule has 0 atom stereocenters. The highest BCUT2D eigenvalue weighted by Gasteiger charge is 2.28. The number of allylic oxidation sites excluding steroid dienone is 2. The van der Waals surface area contributed by atoms with Gasteiger partial charge in [-0.25, -0.2) is 14.2 Å². The fraction of sp³-hybridized carbons (Fsp3) is 0.222. The Morgan fingerprint density at radius 1 is 1.54 bits per heavy atom. The molecule has 26 heavy (non-hydrogen) atoms. The Morgan fingerprint density at radius 3 is 2.77 bits per heavy atom. The Kier molecular flexibility index (Phi) is 4.41. The minimum atomic E-state index is -1.35. The lowest BCUT2D eigenvalue weighted by Crippen LogP contribution is -2.20. The van der Waals surface area contributed by atoms with Crippen molar-refractivity contribution in [1.29, 1.82) is 0 Å². The standard InChI is InChI=1S/C18H17FN4O3/c1-3-9(6-14(20)21-2)15-13(19)7-11-16(24)12(18(25)26)8-23(10-4-5-10)17(11)22-15/h3,6-8,10H,1,4-5H2,2H3,(H2,20,21)(H,25,26)/b9-6+. The van der Waals surface area contributed by atoms with Crippen LogP contribution in [-0.2, 0) is 0 Å². The van der Waals surface area contributed by atoms with Gasteiger partial charge in [-0.1, -0.05) is 12.7 Å². The number of aromatic carboxylic acids is 1. The Balaban J connectivity index is 2.35. The topological polar surface area (TPSA) is 111 Å². The summed E-state index contributed by atoms with van der Waals surface area (Å²) in [4.78, 5) is 31.9. The monoisotopic (exact) mass is 356 g/mol. The van der Waals surface area contributed by atoms with Crippen molar-refractivity contribution in [3.63, 3.8) is 0 Å². The number of aliphatic imine (C=N–C) groups is 1. The number of carboxylic acid groups (broad SMARTS) is 1. The highest BCUT2D eigenvalue weighted by molar-refractivity contribution is 6.00. The Labute approximate surface area is 148 Å². The molecule has 0 radical (unpaired) electrons. The summed E-state index contributed by atoms with van der Waals surface area (Å²) in [6, 6.07) is 1.06. The molecule has 2 aromatic heterocycles. The molecule has 3 rings (SSSR count). The first kappa shape index (κ1) is 17.5. The van der Waals surface area contributed by atoms with Crippen LogP contribution in [0.1, 0.15) is 34.9 Å². The number of rotatable bonds is 5. The fourth-order valence-corrected chi connectivity index (χ4v) is 2.68. The smallest absolute Gasteiger partial charge is 0.341 e. The van der Waals surface area contributed by atoms with E-state index >= 15 is 0 Å². The van der Waals surface area contributed by atoms with Crippen molar-refractivity contribution in [3.05, 3.63) is 58.3 Å². The van der Waals surface area contributed by atoms with Crippen LogP contribution in [0.5, 0.6) is 0 Å². The van der Waals surface area contributed by atoms with Crippen molar-refractivity contribution >= 4 is 28.4 Å². The Hall–Kier alpha value is -3.29. The summed E-state index contributed by atoms with van der Waals surface area (Å²) in [7, 11) is 1.49. The number of carbonyl (C=O) groups is 1. The number of carboxylic acids is 1. The van der Waals surface area contributed by atoms with Crippen molar-refractivity contribution < 1.29 is 14.3 Å². The van der Waals surface area contributed by atoms with E-state index in [1.54, 1.807) is 4.57 Å². The molecule has 8 heteroatoms. The first-order valence-electron chi connectivity index (χ1n) is 7.92. The number of hydrogen-bond acceptors (Lipinski definition) is 4. The Morgan fingerprint density at radius 2 is 2.23 bits per heavy atom. The maximum Gasteiger partial charge on any atom is 0.341 e. The first-order chi connectivity index (χ1) is 12.4. The zero-order chi connectivity index (χ0) is 19.0. The molecule has 7 nitrogen and oxygen atoms in total. The third-order valence-electron chi connectivity index (χ3n) is 4.18. The van der Waals surface area contributed by atoms with Crippen LogP contribution in [-0.4, -0.2) is 33.5 Å². The normalized spacial score (nSPS) is 15.3. The van der Waals surface area contributed by atoms with Gasteiger partial charge in [0, 0.05) is 24.9 Å². The SMILES string of the molecule is C=C/C(=C\C(N)=N/C)c1nc2c(cc1F)c(=O)c(C(=O)O)cn2C1CC1. The number of halogens is 1. The summed E-state index contributed by atoms with van der Waals surface area (Å²) in [5, 5.41) is 9.18. The Bertz CT molecular complexity index is 1050. The first-order valence-corrected chi connectivity index (χ1v) is 7.92. The quantitative estimate of drug-likeness (QED) is 0.484. The van der Waals surface area contributed by atoms with Crippen LogP contribution < -0.4 is 11.2 Å². The zero-order valence-electron chi connectivity index (χ0n) is 14.1. The van der Waals surface area contributed by atoms with Gasteiger partial charge in [0.1, 0.15) is 28.6 Å². The third kappa shape index (κ3) is 3.01. The number of amidine groups is 1. The third-order valence-corrected chi connectivity index (χ3v) is 4.18. The molecule has 134 valence electrons. The van der Waals surface area contributed by atoms with E-state index in [4.69, 9.17) is 5.73 Å². The molecule has 0 aromatic carbocycles. The van der Waals surface area contributed by atoms with Gasteiger partial charge in [-0.05, 0) is 25.0 Å². The molecular formula is C18H17FN4O3. The largest absolute Gasteiger partial charge is 0.477 e. The van der Waals surface area contributed by atoms with Crippen LogP contribution in [0.25, 0.3) is 16.6 Å². The summed E-state index contributed by atoms with van der Waals surface area (Å²) >= 11 is 0. The van der Waals surface area contributed by atoms with Crippen molar-refractivity contribution in [3.8, 4) is 0 Å². The average Bonchev–Trinajstić information content (AvgIpc) is 3.44. The number of fused-ring (bicyclic) bond motifs is 1. The molecule has 1 saturated carbocycles. The van der Waals surface area contributed by atoms with Gasteiger partial charge in [0.15, 0.2) is 0 Å². The predicted octanol–water partition coefficient (Wildman–Crippen LogP) is 2.13. The molecular weight excluding hydrogens is 339 g/mol. The summed E-state index contributed by atoms with van der Waals surface area (Å²) in [5.74, 6) is -1.95. The van der Waals surface area contributed by atoms with Crippen LogP contribution >= 0.6 is 0 Å². The molecule has 0 aliphatic heterocycles. The second-order valence-electron chi connectivity index (χ2n) is 5.96. The van der Waals surface area contributed by atoms with E-state index in [2.05, 4.69) is 16.6 Å². The minimum Gasteiger partial charge on any atom is -0.477 e. The lowest BCUT2D eigenvalue weighted by atomic mass is 10.1. The molecule has 0 spiro atoms. The molecule has 2 aromatic rings.